The van der Waals surface area contributed by atoms with Crippen LogP contribution < -0.4 is 5.32 Å². The fraction of sp³-hybridized carbons (Fsp3) is 0.400. The van der Waals surface area contributed by atoms with Crippen LogP contribution in [0.3, 0.4) is 0 Å². The molecular weight excluding hydrogens is 330 g/mol. The first kappa shape index (κ1) is 21.0. The number of carbonyl (C=O) groups excluding carboxylic acids is 1. The van der Waals surface area contributed by atoms with Crippen LogP contribution in [0.5, 0.6) is 0 Å². The van der Waals surface area contributed by atoms with Crippen molar-refractivity contribution in [2.75, 3.05) is 6.54 Å². The second-order valence-electron chi connectivity index (χ2n) is 7.29. The molecule has 1 amide bonds. The molecule has 2 heteroatoms. The number of benzene rings is 2. The molecule has 0 fully saturated rings. The number of amides is 1. The summed E-state index contributed by atoms with van der Waals surface area (Å²) in [4.78, 5) is 11.7. The van der Waals surface area contributed by atoms with Crippen molar-refractivity contribution in [1.29, 1.82) is 0 Å². The van der Waals surface area contributed by atoms with Gasteiger partial charge < -0.3 is 5.32 Å². The van der Waals surface area contributed by atoms with E-state index < -0.39 is 0 Å². The maximum atomic E-state index is 11.7. The van der Waals surface area contributed by atoms with Crippen LogP contribution in [0.2, 0.25) is 0 Å². The fourth-order valence-electron chi connectivity index (χ4n) is 3.27. The minimum absolute atomic E-state index is 0.189. The van der Waals surface area contributed by atoms with Crippen molar-refractivity contribution in [3.63, 3.8) is 0 Å². The second-order valence-corrected chi connectivity index (χ2v) is 7.29. The molecule has 0 bridgehead atoms. The molecule has 2 rings (SSSR count). The van der Waals surface area contributed by atoms with Crippen molar-refractivity contribution in [2.24, 2.45) is 0 Å². The lowest BCUT2D eigenvalue weighted by Crippen LogP contribution is -2.24. The van der Waals surface area contributed by atoms with Gasteiger partial charge in [-0.3, -0.25) is 4.79 Å². The molecule has 0 aromatic heterocycles. The molecule has 0 atom stereocenters. The van der Waals surface area contributed by atoms with Crippen molar-refractivity contribution >= 4 is 18.1 Å². The van der Waals surface area contributed by atoms with Gasteiger partial charge in [0.05, 0.1) is 0 Å². The third-order valence-electron chi connectivity index (χ3n) is 4.91. The van der Waals surface area contributed by atoms with Gasteiger partial charge in [0.25, 0.3) is 0 Å². The zero-order valence-corrected chi connectivity index (χ0v) is 17.1. The monoisotopic (exact) mass is 363 g/mol. The summed E-state index contributed by atoms with van der Waals surface area (Å²) in [5.41, 5.74) is 6.44. The number of hydrogen-bond acceptors (Lipinski definition) is 1. The standard InChI is InChI=1S/C25H33NO/c1-4-5-6-15-25(27)26-18-9-14-22-12-8-13-23(19-22)16-17-24-20(2)10-7-11-21(24)3/h7-8,10-13,16-17,19H,4-6,9,14-15,18H2,1-3H3,(H,26,27)/b17-16+. The number of rotatable bonds is 10. The highest BCUT2D eigenvalue weighted by atomic mass is 16.1. The molecule has 144 valence electrons. The average Bonchev–Trinajstić information content (AvgIpc) is 2.65. The summed E-state index contributed by atoms with van der Waals surface area (Å²) in [7, 11) is 0. The number of unbranched alkanes of at least 4 members (excludes halogenated alkanes) is 2. The van der Waals surface area contributed by atoms with Gasteiger partial charge in [0.1, 0.15) is 0 Å². The van der Waals surface area contributed by atoms with Crippen LogP contribution in [0.1, 0.15) is 66.8 Å². The molecule has 0 saturated carbocycles. The Morgan fingerprint density at radius 1 is 0.963 bits per heavy atom. The van der Waals surface area contributed by atoms with E-state index in [1.807, 2.05) is 0 Å². The molecule has 0 saturated heterocycles. The van der Waals surface area contributed by atoms with Crippen LogP contribution in [0.15, 0.2) is 42.5 Å². The maximum Gasteiger partial charge on any atom is 0.219 e. The van der Waals surface area contributed by atoms with Crippen LogP contribution >= 0.6 is 0 Å². The third kappa shape index (κ3) is 7.42. The molecule has 2 aromatic carbocycles. The van der Waals surface area contributed by atoms with Crippen LogP contribution in [-0.2, 0) is 11.2 Å². The quantitative estimate of drug-likeness (QED) is 0.401. The van der Waals surface area contributed by atoms with E-state index in [9.17, 15) is 4.79 Å². The van der Waals surface area contributed by atoms with Gasteiger partial charge in [0.15, 0.2) is 0 Å². The molecule has 0 unspecified atom stereocenters. The Labute approximate surface area is 164 Å². The van der Waals surface area contributed by atoms with E-state index in [1.165, 1.54) is 27.8 Å². The van der Waals surface area contributed by atoms with Gasteiger partial charge in [-0.25, -0.2) is 0 Å². The summed E-state index contributed by atoms with van der Waals surface area (Å²) >= 11 is 0. The summed E-state index contributed by atoms with van der Waals surface area (Å²) in [6.07, 6.45) is 10.3. The van der Waals surface area contributed by atoms with Crippen molar-refractivity contribution in [2.45, 2.75) is 59.3 Å². The maximum absolute atomic E-state index is 11.7. The van der Waals surface area contributed by atoms with Crippen LogP contribution in [0.4, 0.5) is 0 Å². The Morgan fingerprint density at radius 2 is 1.70 bits per heavy atom. The van der Waals surface area contributed by atoms with Crippen LogP contribution in [0, 0.1) is 13.8 Å². The molecular formula is C25H33NO. The van der Waals surface area contributed by atoms with Crippen molar-refractivity contribution < 1.29 is 4.79 Å². The highest BCUT2D eigenvalue weighted by molar-refractivity contribution is 5.75. The molecule has 2 nitrogen and oxygen atoms in total. The Morgan fingerprint density at radius 3 is 2.44 bits per heavy atom. The Balaban J connectivity index is 1.83. The van der Waals surface area contributed by atoms with Gasteiger partial charge in [0.2, 0.25) is 5.91 Å². The van der Waals surface area contributed by atoms with E-state index in [-0.39, 0.29) is 5.91 Å². The molecule has 0 spiro atoms. The minimum Gasteiger partial charge on any atom is -0.356 e. The van der Waals surface area contributed by atoms with E-state index >= 15 is 0 Å². The first-order valence-electron chi connectivity index (χ1n) is 10.2. The summed E-state index contributed by atoms with van der Waals surface area (Å²) in [6.45, 7) is 7.22. The van der Waals surface area contributed by atoms with E-state index in [0.29, 0.717) is 6.42 Å². The summed E-state index contributed by atoms with van der Waals surface area (Å²) in [6, 6.07) is 15.1. The predicted octanol–water partition coefficient (Wildman–Crippen LogP) is 6.10. The molecule has 1 N–H and O–H groups in total. The molecule has 2 aromatic rings. The van der Waals surface area contributed by atoms with E-state index in [2.05, 4.69) is 80.7 Å². The van der Waals surface area contributed by atoms with Crippen molar-refractivity contribution in [1.82, 2.24) is 5.32 Å². The third-order valence-corrected chi connectivity index (χ3v) is 4.91. The van der Waals surface area contributed by atoms with E-state index in [4.69, 9.17) is 0 Å². The lowest BCUT2D eigenvalue weighted by atomic mass is 10.0. The first-order chi connectivity index (χ1) is 13.1. The average molecular weight is 364 g/mol. The number of aryl methyl sites for hydroxylation is 3. The molecule has 27 heavy (non-hydrogen) atoms. The molecule has 0 heterocycles. The SMILES string of the molecule is CCCCCC(=O)NCCCc1cccc(/C=C/c2c(C)cccc2C)c1. The second kappa shape index (κ2) is 11.4. The lowest BCUT2D eigenvalue weighted by Gasteiger charge is -2.07. The van der Waals surface area contributed by atoms with Gasteiger partial charge in [-0.1, -0.05) is 74.4 Å². The Bertz CT molecular complexity index is 740. The Hall–Kier alpha value is -2.35. The van der Waals surface area contributed by atoms with Crippen LogP contribution in [0.25, 0.3) is 12.2 Å². The number of nitrogens with one attached hydrogen (secondary N) is 1. The number of hydrogen-bond donors (Lipinski definition) is 1. The fourth-order valence-corrected chi connectivity index (χ4v) is 3.27. The largest absolute Gasteiger partial charge is 0.356 e. The van der Waals surface area contributed by atoms with E-state index in [1.54, 1.807) is 0 Å². The highest BCUT2D eigenvalue weighted by Crippen LogP contribution is 2.17. The first-order valence-corrected chi connectivity index (χ1v) is 10.2. The van der Waals surface area contributed by atoms with Gasteiger partial charge in [-0.2, -0.15) is 0 Å². The Kier molecular flexibility index (Phi) is 8.83. The zero-order chi connectivity index (χ0) is 19.5. The number of carbonyl (C=O) groups is 1. The smallest absolute Gasteiger partial charge is 0.219 e. The van der Waals surface area contributed by atoms with Gasteiger partial charge in [-0.05, 0) is 60.9 Å². The minimum atomic E-state index is 0.189. The lowest BCUT2D eigenvalue weighted by molar-refractivity contribution is -0.121. The van der Waals surface area contributed by atoms with Gasteiger partial charge in [0, 0.05) is 13.0 Å². The molecule has 0 radical (unpaired) electrons. The van der Waals surface area contributed by atoms with E-state index in [0.717, 1.165) is 38.6 Å². The zero-order valence-electron chi connectivity index (χ0n) is 17.1. The van der Waals surface area contributed by atoms with Crippen molar-refractivity contribution in [3.05, 3.63) is 70.3 Å². The summed E-state index contributed by atoms with van der Waals surface area (Å²) in [5, 5.41) is 3.03. The summed E-state index contributed by atoms with van der Waals surface area (Å²) < 4.78 is 0. The topological polar surface area (TPSA) is 29.1 Å². The normalized spacial score (nSPS) is 11.1. The predicted molar refractivity (Wildman–Crippen MR) is 117 cm³/mol. The molecule has 0 aliphatic rings. The van der Waals surface area contributed by atoms with Crippen LogP contribution in [-0.4, -0.2) is 12.5 Å². The molecule has 0 aliphatic carbocycles. The van der Waals surface area contributed by atoms with Gasteiger partial charge in [-0.15, -0.1) is 0 Å². The van der Waals surface area contributed by atoms with Crippen molar-refractivity contribution in [3.8, 4) is 0 Å². The highest BCUT2D eigenvalue weighted by Gasteiger charge is 2.01. The summed E-state index contributed by atoms with van der Waals surface area (Å²) in [5.74, 6) is 0.189. The van der Waals surface area contributed by atoms with Gasteiger partial charge >= 0.3 is 0 Å². The molecule has 0 aliphatic heterocycles.